The molecular formula is C16H24N6O. The topological polar surface area (TPSA) is 84.7 Å². The minimum atomic E-state index is -0.227. The second kappa shape index (κ2) is 8.87. The van der Waals surface area contributed by atoms with Crippen molar-refractivity contribution in [2.75, 3.05) is 11.9 Å². The van der Waals surface area contributed by atoms with Gasteiger partial charge in [-0.2, -0.15) is 5.10 Å². The molecule has 2 amide bonds. The second-order valence-electron chi connectivity index (χ2n) is 5.47. The van der Waals surface area contributed by atoms with Gasteiger partial charge in [-0.25, -0.2) is 19.4 Å². The number of rotatable bonds is 8. The lowest BCUT2D eigenvalue weighted by molar-refractivity contribution is 0.249. The highest BCUT2D eigenvalue weighted by Crippen LogP contribution is 2.16. The number of hydrogen-bond donors (Lipinski definition) is 2. The third kappa shape index (κ3) is 5.05. The molecule has 2 N–H and O–H groups in total. The van der Waals surface area contributed by atoms with Gasteiger partial charge in [0.1, 0.15) is 12.7 Å². The zero-order valence-corrected chi connectivity index (χ0v) is 13.7. The van der Waals surface area contributed by atoms with Gasteiger partial charge in [0.05, 0.1) is 5.69 Å². The number of carbonyl (C=O) groups is 1. The fourth-order valence-corrected chi connectivity index (χ4v) is 2.34. The standard InChI is InChI=1S/C16H24N6O/c1-3-5-7-13(4-2)10-19-16(23)21-14-8-6-9-18-15(14)22-12-17-11-20-22/h6,8-9,11-13H,3-5,7,10H2,1-2H3,(H2,19,21,23). The number of nitrogens with one attached hydrogen (secondary N) is 2. The summed E-state index contributed by atoms with van der Waals surface area (Å²) >= 11 is 0. The molecule has 7 nitrogen and oxygen atoms in total. The molecule has 0 spiro atoms. The molecule has 0 saturated heterocycles. The van der Waals surface area contributed by atoms with Crippen LogP contribution in [0, 0.1) is 5.92 Å². The Balaban J connectivity index is 1.93. The molecule has 1 atom stereocenters. The van der Waals surface area contributed by atoms with Crippen molar-refractivity contribution in [2.45, 2.75) is 39.5 Å². The molecule has 2 heterocycles. The molecular weight excluding hydrogens is 292 g/mol. The van der Waals surface area contributed by atoms with Crippen LogP contribution < -0.4 is 10.6 Å². The Labute approximate surface area is 136 Å². The highest BCUT2D eigenvalue weighted by Gasteiger charge is 2.11. The van der Waals surface area contributed by atoms with E-state index in [9.17, 15) is 4.79 Å². The van der Waals surface area contributed by atoms with Crippen LogP contribution in [0.4, 0.5) is 10.5 Å². The van der Waals surface area contributed by atoms with Crippen molar-refractivity contribution >= 4 is 11.7 Å². The second-order valence-corrected chi connectivity index (χ2v) is 5.47. The molecule has 0 bridgehead atoms. The van der Waals surface area contributed by atoms with Gasteiger partial charge >= 0.3 is 6.03 Å². The third-order valence-corrected chi connectivity index (χ3v) is 3.77. The molecule has 1 unspecified atom stereocenters. The molecule has 2 rings (SSSR count). The Hall–Kier alpha value is -2.44. The van der Waals surface area contributed by atoms with Gasteiger partial charge < -0.3 is 10.6 Å². The number of amides is 2. The smallest absolute Gasteiger partial charge is 0.319 e. The third-order valence-electron chi connectivity index (χ3n) is 3.77. The first kappa shape index (κ1) is 16.9. The fourth-order valence-electron chi connectivity index (χ4n) is 2.34. The maximum atomic E-state index is 12.1. The Morgan fingerprint density at radius 1 is 1.39 bits per heavy atom. The van der Waals surface area contributed by atoms with Crippen LogP contribution in [0.1, 0.15) is 39.5 Å². The summed E-state index contributed by atoms with van der Waals surface area (Å²) in [5, 5.41) is 9.82. The summed E-state index contributed by atoms with van der Waals surface area (Å²) in [4.78, 5) is 20.3. The minimum Gasteiger partial charge on any atom is -0.338 e. The number of hydrogen-bond acceptors (Lipinski definition) is 4. The van der Waals surface area contributed by atoms with E-state index >= 15 is 0 Å². The zero-order valence-electron chi connectivity index (χ0n) is 13.7. The molecule has 0 saturated carbocycles. The maximum Gasteiger partial charge on any atom is 0.319 e. The van der Waals surface area contributed by atoms with Crippen molar-refractivity contribution in [1.29, 1.82) is 0 Å². The minimum absolute atomic E-state index is 0.227. The van der Waals surface area contributed by atoms with Gasteiger partial charge in [0.2, 0.25) is 0 Å². The van der Waals surface area contributed by atoms with Crippen LogP contribution in [0.25, 0.3) is 5.82 Å². The lowest BCUT2D eigenvalue weighted by Crippen LogP contribution is -2.33. The van der Waals surface area contributed by atoms with Crippen molar-refractivity contribution in [3.8, 4) is 5.82 Å². The average Bonchev–Trinajstić information content (AvgIpc) is 3.10. The van der Waals surface area contributed by atoms with Crippen LogP contribution in [-0.2, 0) is 0 Å². The summed E-state index contributed by atoms with van der Waals surface area (Å²) in [6.45, 7) is 5.02. The molecule has 0 fully saturated rings. The molecule has 0 aliphatic heterocycles. The van der Waals surface area contributed by atoms with Crippen molar-refractivity contribution < 1.29 is 4.79 Å². The van der Waals surface area contributed by atoms with E-state index in [1.54, 1.807) is 24.7 Å². The van der Waals surface area contributed by atoms with E-state index in [1.165, 1.54) is 23.9 Å². The lowest BCUT2D eigenvalue weighted by Gasteiger charge is -2.16. The molecule has 7 heteroatoms. The molecule has 2 aromatic heterocycles. The van der Waals surface area contributed by atoms with Gasteiger partial charge in [-0.15, -0.1) is 0 Å². The van der Waals surface area contributed by atoms with E-state index in [2.05, 4.69) is 39.5 Å². The van der Waals surface area contributed by atoms with Crippen molar-refractivity contribution in [3.05, 3.63) is 31.0 Å². The molecule has 0 aliphatic rings. The van der Waals surface area contributed by atoms with Crippen molar-refractivity contribution in [1.82, 2.24) is 25.1 Å². The number of carbonyl (C=O) groups excluding carboxylic acids is 1. The van der Waals surface area contributed by atoms with E-state index in [0.717, 1.165) is 12.8 Å². The van der Waals surface area contributed by atoms with Gasteiger partial charge in [-0.05, 0) is 24.5 Å². The monoisotopic (exact) mass is 316 g/mol. The molecule has 23 heavy (non-hydrogen) atoms. The quantitative estimate of drug-likeness (QED) is 0.784. The molecule has 124 valence electrons. The van der Waals surface area contributed by atoms with E-state index in [1.807, 2.05) is 0 Å². The number of urea groups is 1. The van der Waals surface area contributed by atoms with Crippen LogP contribution >= 0.6 is 0 Å². The summed E-state index contributed by atoms with van der Waals surface area (Å²) in [6.07, 6.45) is 9.21. The Morgan fingerprint density at radius 2 is 2.26 bits per heavy atom. The van der Waals surface area contributed by atoms with Gasteiger partial charge in [-0.1, -0.05) is 33.1 Å². The zero-order chi connectivity index (χ0) is 16.5. The first-order valence-electron chi connectivity index (χ1n) is 8.09. The molecule has 0 aromatic carbocycles. The number of nitrogens with zero attached hydrogens (tertiary/aromatic N) is 4. The number of anilines is 1. The first-order valence-corrected chi connectivity index (χ1v) is 8.09. The maximum absolute atomic E-state index is 12.1. The van der Waals surface area contributed by atoms with Gasteiger partial charge in [0, 0.05) is 12.7 Å². The summed E-state index contributed by atoms with van der Waals surface area (Å²) in [5.41, 5.74) is 0.595. The van der Waals surface area contributed by atoms with E-state index in [-0.39, 0.29) is 6.03 Å². The van der Waals surface area contributed by atoms with Crippen LogP contribution in [-0.4, -0.2) is 32.3 Å². The average molecular weight is 316 g/mol. The van der Waals surface area contributed by atoms with E-state index in [0.29, 0.717) is 24.0 Å². The Morgan fingerprint density at radius 3 is 2.96 bits per heavy atom. The first-order chi connectivity index (χ1) is 11.2. The normalized spacial score (nSPS) is 11.9. The van der Waals surface area contributed by atoms with E-state index < -0.39 is 0 Å². The van der Waals surface area contributed by atoms with Crippen LogP contribution in [0.5, 0.6) is 0 Å². The predicted molar refractivity (Wildman–Crippen MR) is 89.5 cm³/mol. The van der Waals surface area contributed by atoms with Crippen LogP contribution in [0.2, 0.25) is 0 Å². The van der Waals surface area contributed by atoms with Crippen LogP contribution in [0.15, 0.2) is 31.0 Å². The van der Waals surface area contributed by atoms with Gasteiger partial charge in [0.25, 0.3) is 0 Å². The summed E-state index contributed by atoms with van der Waals surface area (Å²) < 4.78 is 1.52. The molecule has 2 aromatic rings. The summed E-state index contributed by atoms with van der Waals surface area (Å²) in [7, 11) is 0. The molecule has 0 radical (unpaired) electrons. The summed E-state index contributed by atoms with van der Waals surface area (Å²) in [5.74, 6) is 1.06. The number of aromatic nitrogens is 4. The van der Waals surface area contributed by atoms with Crippen molar-refractivity contribution in [3.63, 3.8) is 0 Å². The van der Waals surface area contributed by atoms with Gasteiger partial charge in [0.15, 0.2) is 5.82 Å². The predicted octanol–water partition coefficient (Wildman–Crippen LogP) is 3.00. The van der Waals surface area contributed by atoms with E-state index in [4.69, 9.17) is 0 Å². The largest absolute Gasteiger partial charge is 0.338 e. The highest BCUT2D eigenvalue weighted by atomic mass is 16.2. The lowest BCUT2D eigenvalue weighted by atomic mass is 9.99. The number of pyridine rings is 1. The number of unbranched alkanes of at least 4 members (excludes halogenated alkanes) is 1. The SMILES string of the molecule is CCCCC(CC)CNC(=O)Nc1cccnc1-n1cncn1. The highest BCUT2D eigenvalue weighted by molar-refractivity contribution is 5.90. The summed E-state index contributed by atoms with van der Waals surface area (Å²) in [6, 6.07) is 3.33. The molecule has 0 aliphatic carbocycles. The van der Waals surface area contributed by atoms with Crippen LogP contribution in [0.3, 0.4) is 0 Å². The Bertz CT molecular complexity index is 598. The van der Waals surface area contributed by atoms with Gasteiger partial charge in [-0.3, -0.25) is 0 Å². The van der Waals surface area contributed by atoms with Crippen molar-refractivity contribution in [2.24, 2.45) is 5.92 Å². The Kier molecular flexibility index (Phi) is 6.53. The fraction of sp³-hybridized carbons (Fsp3) is 0.500.